The number of sulfonamides is 1. The van der Waals surface area contributed by atoms with Crippen LogP contribution in [0.4, 0.5) is 5.69 Å². The second kappa shape index (κ2) is 10.3. The fourth-order valence-corrected chi connectivity index (χ4v) is 2.93. The lowest BCUT2D eigenvalue weighted by atomic mass is 10.3. The second-order valence-corrected chi connectivity index (χ2v) is 7.51. The number of amides is 2. The summed E-state index contributed by atoms with van der Waals surface area (Å²) in [5.74, 6) is -0.617. The number of nitrogens with zero attached hydrogens (tertiary/aromatic N) is 1. The van der Waals surface area contributed by atoms with Crippen molar-refractivity contribution < 1.29 is 18.0 Å². The van der Waals surface area contributed by atoms with Crippen molar-refractivity contribution in [3.8, 4) is 0 Å². The zero-order valence-corrected chi connectivity index (χ0v) is 16.3. The summed E-state index contributed by atoms with van der Waals surface area (Å²) in [7, 11) is -0.658. The van der Waals surface area contributed by atoms with Gasteiger partial charge in [-0.15, -0.1) is 12.4 Å². The Bertz CT molecular complexity index is 679. The van der Waals surface area contributed by atoms with Crippen LogP contribution in [-0.4, -0.2) is 57.8 Å². The normalized spacial score (nSPS) is 12.2. The fourth-order valence-electron chi connectivity index (χ4n) is 1.81. The van der Waals surface area contributed by atoms with E-state index in [-0.39, 0.29) is 41.7 Å². The molecule has 25 heavy (non-hydrogen) atoms. The molecule has 1 unspecified atom stereocenters. The summed E-state index contributed by atoms with van der Waals surface area (Å²) < 4.78 is 25.9. The molecule has 1 atom stereocenters. The van der Waals surface area contributed by atoms with Crippen LogP contribution in [0, 0.1) is 0 Å². The zero-order valence-electron chi connectivity index (χ0n) is 14.7. The van der Waals surface area contributed by atoms with Gasteiger partial charge >= 0.3 is 0 Å². The van der Waals surface area contributed by atoms with Crippen molar-refractivity contribution in [1.29, 1.82) is 0 Å². The van der Waals surface area contributed by atoms with Gasteiger partial charge in [-0.2, -0.15) is 4.31 Å². The smallest absolute Gasteiger partial charge is 0.243 e. The van der Waals surface area contributed by atoms with Gasteiger partial charge in [0.05, 0.1) is 11.4 Å². The molecular formula is C15H25ClN4O4S. The minimum Gasteiger partial charge on any atom is -0.353 e. The zero-order chi connectivity index (χ0) is 18.3. The number of carbonyl (C=O) groups is 2. The van der Waals surface area contributed by atoms with E-state index < -0.39 is 10.0 Å². The van der Waals surface area contributed by atoms with E-state index in [4.69, 9.17) is 0 Å². The van der Waals surface area contributed by atoms with Crippen molar-refractivity contribution >= 4 is 39.9 Å². The van der Waals surface area contributed by atoms with E-state index in [2.05, 4.69) is 16.0 Å². The maximum atomic E-state index is 12.4. The molecule has 1 aromatic rings. The molecule has 142 valence electrons. The highest BCUT2D eigenvalue weighted by molar-refractivity contribution is 7.89. The van der Waals surface area contributed by atoms with E-state index in [1.54, 1.807) is 7.05 Å². The average Bonchev–Trinajstić information content (AvgIpc) is 2.52. The first-order chi connectivity index (χ1) is 11.2. The van der Waals surface area contributed by atoms with Crippen LogP contribution in [0.25, 0.3) is 0 Å². The Hall–Kier alpha value is -1.68. The molecular weight excluding hydrogens is 368 g/mol. The second-order valence-electron chi connectivity index (χ2n) is 5.46. The predicted octanol–water partition coefficient (Wildman–Crippen LogP) is 0.411. The van der Waals surface area contributed by atoms with Gasteiger partial charge in [0.2, 0.25) is 21.8 Å². The highest BCUT2D eigenvalue weighted by Gasteiger charge is 2.23. The highest BCUT2D eigenvalue weighted by Crippen LogP contribution is 2.17. The van der Waals surface area contributed by atoms with E-state index in [1.807, 2.05) is 6.92 Å². The maximum absolute atomic E-state index is 12.4. The van der Waals surface area contributed by atoms with Gasteiger partial charge in [0.15, 0.2) is 0 Å². The summed E-state index contributed by atoms with van der Waals surface area (Å²) >= 11 is 0. The summed E-state index contributed by atoms with van der Waals surface area (Å²) in [6.45, 7) is 3.41. The van der Waals surface area contributed by atoms with Crippen molar-refractivity contribution in [2.45, 2.75) is 24.8 Å². The van der Waals surface area contributed by atoms with Gasteiger partial charge in [-0.1, -0.05) is 0 Å². The number of carbonyl (C=O) groups excluding carboxylic acids is 2. The third-order valence-electron chi connectivity index (χ3n) is 3.35. The summed E-state index contributed by atoms with van der Waals surface area (Å²) in [5, 5.41) is 8.20. The minimum atomic E-state index is -3.78. The number of anilines is 1. The Morgan fingerprint density at radius 2 is 1.76 bits per heavy atom. The quantitative estimate of drug-likeness (QED) is 0.594. The molecule has 2 amide bonds. The van der Waals surface area contributed by atoms with Crippen LogP contribution >= 0.6 is 12.4 Å². The van der Waals surface area contributed by atoms with E-state index in [9.17, 15) is 18.0 Å². The molecule has 0 bridgehead atoms. The summed E-state index contributed by atoms with van der Waals surface area (Å²) in [6, 6.07) is 5.86. The van der Waals surface area contributed by atoms with Crippen LogP contribution in [0.15, 0.2) is 29.2 Å². The third-order valence-corrected chi connectivity index (χ3v) is 5.16. The van der Waals surface area contributed by atoms with Crippen molar-refractivity contribution in [1.82, 2.24) is 14.9 Å². The molecule has 10 heteroatoms. The van der Waals surface area contributed by atoms with E-state index in [0.717, 1.165) is 4.31 Å². The largest absolute Gasteiger partial charge is 0.353 e. The molecule has 8 nitrogen and oxygen atoms in total. The van der Waals surface area contributed by atoms with Crippen molar-refractivity contribution in [2.24, 2.45) is 0 Å². The first kappa shape index (κ1) is 23.3. The van der Waals surface area contributed by atoms with Gasteiger partial charge in [-0.3, -0.25) is 9.59 Å². The minimum absolute atomic E-state index is 0. The molecule has 1 rings (SSSR count). The predicted molar refractivity (Wildman–Crippen MR) is 99.3 cm³/mol. The summed E-state index contributed by atoms with van der Waals surface area (Å²) in [6.07, 6.45) is 0. The molecule has 0 saturated heterocycles. The maximum Gasteiger partial charge on any atom is 0.243 e. The van der Waals surface area contributed by atoms with Crippen LogP contribution < -0.4 is 16.0 Å². The van der Waals surface area contributed by atoms with Crippen molar-refractivity contribution in [3.05, 3.63) is 24.3 Å². The van der Waals surface area contributed by atoms with Gasteiger partial charge < -0.3 is 16.0 Å². The summed E-state index contributed by atoms with van der Waals surface area (Å²) in [4.78, 5) is 22.9. The average molecular weight is 393 g/mol. The molecule has 1 aromatic carbocycles. The number of rotatable bonds is 8. The molecule has 0 aromatic heterocycles. The number of hydrogen-bond donors (Lipinski definition) is 3. The van der Waals surface area contributed by atoms with E-state index in [1.165, 1.54) is 38.2 Å². The van der Waals surface area contributed by atoms with Crippen LogP contribution in [0.3, 0.4) is 0 Å². The first-order valence-corrected chi connectivity index (χ1v) is 8.88. The first-order valence-electron chi connectivity index (χ1n) is 7.44. The Kier molecular flexibility index (Phi) is 9.65. The lowest BCUT2D eigenvalue weighted by molar-refractivity contribution is -0.121. The number of likely N-dealkylation sites (N-methyl/N-ethyl adjacent to an activating group) is 2. The van der Waals surface area contributed by atoms with Crippen LogP contribution in [0.5, 0.6) is 0 Å². The molecule has 0 radical (unpaired) electrons. The highest BCUT2D eigenvalue weighted by atomic mass is 35.5. The molecule has 3 N–H and O–H groups in total. The molecule has 0 aliphatic rings. The van der Waals surface area contributed by atoms with Gasteiger partial charge in [0.25, 0.3) is 0 Å². The van der Waals surface area contributed by atoms with Crippen LogP contribution in [0.1, 0.15) is 13.8 Å². The van der Waals surface area contributed by atoms with Gasteiger partial charge in [0, 0.05) is 32.2 Å². The molecule has 0 heterocycles. The topological polar surface area (TPSA) is 108 Å². The number of halogens is 1. The molecule has 0 saturated carbocycles. The molecule has 0 fully saturated rings. The van der Waals surface area contributed by atoms with Gasteiger partial charge in [0.1, 0.15) is 0 Å². The van der Waals surface area contributed by atoms with Gasteiger partial charge in [-0.05, 0) is 38.2 Å². The number of nitrogens with one attached hydrogen (secondary N) is 3. The molecule has 0 spiro atoms. The number of benzene rings is 1. The van der Waals surface area contributed by atoms with E-state index in [0.29, 0.717) is 12.2 Å². The van der Waals surface area contributed by atoms with Crippen LogP contribution in [0.2, 0.25) is 0 Å². The van der Waals surface area contributed by atoms with Crippen LogP contribution in [-0.2, 0) is 19.6 Å². The van der Waals surface area contributed by atoms with Gasteiger partial charge in [-0.25, -0.2) is 8.42 Å². The Balaban J connectivity index is 0.00000576. The lowest BCUT2D eigenvalue weighted by Crippen LogP contribution is -2.42. The molecule has 0 aliphatic heterocycles. The monoisotopic (exact) mass is 392 g/mol. The Morgan fingerprint density at radius 1 is 1.20 bits per heavy atom. The Labute approximate surface area is 154 Å². The van der Waals surface area contributed by atoms with E-state index >= 15 is 0 Å². The Morgan fingerprint density at radius 3 is 2.24 bits per heavy atom. The SMILES string of the molecule is CNC(C)CNC(=O)CN(C)S(=O)(=O)c1ccc(NC(C)=O)cc1.Cl. The number of hydrogen-bond acceptors (Lipinski definition) is 5. The molecule has 0 aliphatic carbocycles. The van der Waals surface area contributed by atoms with Crippen molar-refractivity contribution in [3.63, 3.8) is 0 Å². The summed E-state index contributed by atoms with van der Waals surface area (Å²) in [5.41, 5.74) is 0.503. The van der Waals surface area contributed by atoms with Crippen molar-refractivity contribution in [2.75, 3.05) is 32.5 Å². The standard InChI is InChI=1S/C15H24N4O4S.ClH/c1-11(16-3)9-17-15(21)10-19(4)24(22,23)14-7-5-13(6-8-14)18-12(2)20;/h5-8,11,16H,9-10H2,1-4H3,(H,17,21)(H,18,20);1H. The fraction of sp³-hybridized carbons (Fsp3) is 0.467. The lowest BCUT2D eigenvalue weighted by Gasteiger charge is -2.18. The third kappa shape index (κ3) is 7.39.